The number of nitrogens with zero attached hydrogens (tertiary/aromatic N) is 2. The molecule has 1 saturated heterocycles. The molecule has 3 rings (SSSR count). The second kappa shape index (κ2) is 5.54. The van der Waals surface area contributed by atoms with Crippen molar-refractivity contribution in [2.45, 2.75) is 43.7 Å². The maximum absolute atomic E-state index is 12.0. The van der Waals surface area contributed by atoms with E-state index in [9.17, 15) is 13.2 Å². The number of aromatic nitrogens is 2. The highest BCUT2D eigenvalue weighted by atomic mass is 19.4. The lowest BCUT2D eigenvalue weighted by atomic mass is 10.1. The molecule has 1 aliphatic heterocycles. The van der Waals surface area contributed by atoms with Crippen LogP contribution in [0.4, 0.5) is 13.2 Å². The smallest absolute Gasteiger partial charge is 0.422 e. The fourth-order valence-corrected chi connectivity index (χ4v) is 2.43. The van der Waals surface area contributed by atoms with Crippen molar-refractivity contribution in [3.63, 3.8) is 0 Å². The Bertz CT molecular complexity index is 486. The summed E-state index contributed by atoms with van der Waals surface area (Å²) in [7, 11) is 0. The maximum atomic E-state index is 12.0. The number of alkyl halides is 3. The van der Waals surface area contributed by atoms with Crippen molar-refractivity contribution in [1.29, 1.82) is 0 Å². The lowest BCUT2D eigenvalue weighted by Crippen LogP contribution is -2.32. The van der Waals surface area contributed by atoms with Crippen LogP contribution >= 0.6 is 0 Å². The van der Waals surface area contributed by atoms with Crippen molar-refractivity contribution in [1.82, 2.24) is 10.2 Å². The van der Waals surface area contributed by atoms with E-state index in [0.29, 0.717) is 31.2 Å². The molecule has 0 amide bonds. The molecule has 1 saturated carbocycles. The summed E-state index contributed by atoms with van der Waals surface area (Å²) in [6.07, 6.45) is -2.78. The Labute approximate surface area is 118 Å². The largest absolute Gasteiger partial charge is 0.522 e. The molecule has 0 aromatic carbocycles. The summed E-state index contributed by atoms with van der Waals surface area (Å²) < 4.78 is 50.7. The summed E-state index contributed by atoms with van der Waals surface area (Å²) >= 11 is 0. The predicted octanol–water partition coefficient (Wildman–Crippen LogP) is 1.89. The van der Waals surface area contributed by atoms with Gasteiger partial charge in [0.05, 0.1) is 13.2 Å². The van der Waals surface area contributed by atoms with Gasteiger partial charge in [0.25, 0.3) is 0 Å². The Balaban J connectivity index is 1.52. The molecule has 9 heteroatoms. The van der Waals surface area contributed by atoms with Crippen LogP contribution in [0, 0.1) is 5.92 Å². The van der Waals surface area contributed by atoms with Gasteiger partial charge >= 0.3 is 6.36 Å². The van der Waals surface area contributed by atoms with Crippen molar-refractivity contribution in [2.24, 2.45) is 11.7 Å². The van der Waals surface area contributed by atoms with Crippen LogP contribution in [-0.2, 0) is 9.47 Å². The number of nitrogens with two attached hydrogens (primary N) is 1. The normalized spacial score (nSPS) is 33.1. The second-order valence-corrected chi connectivity index (χ2v) is 5.50. The predicted molar refractivity (Wildman–Crippen MR) is 63.1 cm³/mol. The molecule has 2 heterocycles. The highest BCUT2D eigenvalue weighted by Crippen LogP contribution is 2.48. The molecule has 0 bridgehead atoms. The first-order valence-electron chi connectivity index (χ1n) is 6.83. The molecule has 2 aliphatic rings. The van der Waals surface area contributed by atoms with Crippen molar-refractivity contribution in [3.8, 4) is 0 Å². The number of rotatable bonds is 4. The van der Waals surface area contributed by atoms with Crippen LogP contribution in [0.2, 0.25) is 0 Å². The second-order valence-electron chi connectivity index (χ2n) is 5.50. The molecule has 2 fully saturated rings. The van der Waals surface area contributed by atoms with Crippen LogP contribution in [0.25, 0.3) is 0 Å². The van der Waals surface area contributed by atoms with Gasteiger partial charge in [0.2, 0.25) is 11.8 Å². The van der Waals surface area contributed by atoms with Crippen LogP contribution in [0.5, 0.6) is 0 Å². The lowest BCUT2D eigenvalue weighted by molar-refractivity contribution is -0.326. The van der Waals surface area contributed by atoms with E-state index in [2.05, 4.69) is 14.9 Å². The van der Waals surface area contributed by atoms with Gasteiger partial charge in [0, 0.05) is 12.0 Å². The molecule has 0 radical (unpaired) electrons. The number of ether oxygens (including phenoxy) is 2. The standard InChI is InChI=1S/C12H16F3N3O3/c13-12(14,15)20-4-6-3-8(6)10-17-18-11(21-10)9-2-1-7(16)5-19-9/h6-9H,1-5,16H2/t6?,7-,8-,9+/m1/s1. The Hall–Kier alpha value is -1.19. The summed E-state index contributed by atoms with van der Waals surface area (Å²) in [5, 5.41) is 7.83. The van der Waals surface area contributed by atoms with Gasteiger partial charge in [0.1, 0.15) is 6.10 Å². The molecule has 1 unspecified atom stereocenters. The summed E-state index contributed by atoms with van der Waals surface area (Å²) in [6, 6.07) is 0.0240. The lowest BCUT2D eigenvalue weighted by Gasteiger charge is -2.24. The molecular formula is C12H16F3N3O3. The van der Waals surface area contributed by atoms with E-state index in [1.807, 2.05) is 0 Å². The minimum atomic E-state index is -4.60. The van der Waals surface area contributed by atoms with Gasteiger partial charge in [-0.25, -0.2) is 0 Å². The van der Waals surface area contributed by atoms with Gasteiger partial charge in [-0.3, -0.25) is 4.74 Å². The van der Waals surface area contributed by atoms with Crippen LogP contribution in [0.1, 0.15) is 43.1 Å². The summed E-state index contributed by atoms with van der Waals surface area (Å²) in [4.78, 5) is 0. The van der Waals surface area contributed by atoms with Gasteiger partial charge in [-0.2, -0.15) is 0 Å². The fourth-order valence-electron chi connectivity index (χ4n) is 2.43. The third-order valence-electron chi connectivity index (χ3n) is 3.74. The van der Waals surface area contributed by atoms with E-state index >= 15 is 0 Å². The highest BCUT2D eigenvalue weighted by Gasteiger charge is 2.45. The number of hydrogen-bond donors (Lipinski definition) is 1. The molecule has 1 aromatic rings. The zero-order valence-electron chi connectivity index (χ0n) is 11.2. The van der Waals surface area contributed by atoms with E-state index in [0.717, 1.165) is 6.42 Å². The first-order chi connectivity index (χ1) is 9.92. The molecule has 1 aromatic heterocycles. The van der Waals surface area contributed by atoms with Crippen LogP contribution in [-0.4, -0.2) is 35.8 Å². The molecule has 4 atom stereocenters. The van der Waals surface area contributed by atoms with E-state index < -0.39 is 6.36 Å². The van der Waals surface area contributed by atoms with Crippen LogP contribution in [0.15, 0.2) is 4.42 Å². The Morgan fingerprint density at radius 1 is 1.24 bits per heavy atom. The minimum Gasteiger partial charge on any atom is -0.422 e. The van der Waals surface area contributed by atoms with Gasteiger partial charge in [0.15, 0.2) is 0 Å². The Morgan fingerprint density at radius 2 is 2.00 bits per heavy atom. The maximum Gasteiger partial charge on any atom is 0.522 e. The fraction of sp³-hybridized carbons (Fsp3) is 0.833. The number of halogens is 3. The van der Waals surface area contributed by atoms with E-state index in [4.69, 9.17) is 14.9 Å². The van der Waals surface area contributed by atoms with Crippen LogP contribution in [0.3, 0.4) is 0 Å². The van der Waals surface area contributed by atoms with Crippen molar-refractivity contribution < 1.29 is 27.1 Å². The molecule has 21 heavy (non-hydrogen) atoms. The monoisotopic (exact) mass is 307 g/mol. The van der Waals surface area contributed by atoms with Gasteiger partial charge in [-0.1, -0.05) is 0 Å². The van der Waals surface area contributed by atoms with Crippen LogP contribution < -0.4 is 5.73 Å². The molecule has 2 N–H and O–H groups in total. The third-order valence-corrected chi connectivity index (χ3v) is 3.74. The zero-order chi connectivity index (χ0) is 15.0. The third kappa shape index (κ3) is 3.72. The SMILES string of the molecule is N[C@@H]1CC[C@@H](c2nnc([C@@H]3CC3COC(F)(F)F)o2)OC1. The first-order valence-corrected chi connectivity index (χ1v) is 6.83. The van der Waals surface area contributed by atoms with Crippen molar-refractivity contribution >= 4 is 0 Å². The van der Waals surface area contributed by atoms with Gasteiger partial charge in [-0.15, -0.1) is 23.4 Å². The van der Waals surface area contributed by atoms with Crippen molar-refractivity contribution in [3.05, 3.63) is 11.8 Å². The average molecular weight is 307 g/mol. The average Bonchev–Trinajstić information content (AvgIpc) is 3.04. The minimum absolute atomic E-state index is 0.0240. The first kappa shape index (κ1) is 14.7. The highest BCUT2D eigenvalue weighted by molar-refractivity contribution is 5.07. The van der Waals surface area contributed by atoms with Gasteiger partial charge in [-0.05, 0) is 25.2 Å². The van der Waals surface area contributed by atoms with E-state index in [1.54, 1.807) is 0 Å². The zero-order valence-corrected chi connectivity index (χ0v) is 11.2. The Morgan fingerprint density at radius 3 is 2.67 bits per heavy atom. The molecule has 0 spiro atoms. The molecule has 6 nitrogen and oxygen atoms in total. The Kier molecular flexibility index (Phi) is 3.89. The van der Waals surface area contributed by atoms with E-state index in [-0.39, 0.29) is 30.6 Å². The molecule has 118 valence electrons. The topological polar surface area (TPSA) is 83.4 Å². The summed E-state index contributed by atoms with van der Waals surface area (Å²) in [6.45, 7) is 0.0640. The summed E-state index contributed by atoms with van der Waals surface area (Å²) in [5.74, 6) is 0.360. The number of hydrogen-bond acceptors (Lipinski definition) is 6. The van der Waals surface area contributed by atoms with E-state index in [1.165, 1.54) is 0 Å². The summed E-state index contributed by atoms with van der Waals surface area (Å²) in [5.41, 5.74) is 5.73. The molecular weight excluding hydrogens is 291 g/mol. The van der Waals surface area contributed by atoms with Crippen molar-refractivity contribution in [2.75, 3.05) is 13.2 Å². The van der Waals surface area contributed by atoms with Gasteiger partial charge < -0.3 is 14.9 Å². The quantitative estimate of drug-likeness (QED) is 0.914. The molecule has 1 aliphatic carbocycles.